The van der Waals surface area contributed by atoms with Crippen molar-refractivity contribution in [3.63, 3.8) is 0 Å². The number of carbonyl (C=O) groups excluding carboxylic acids is 2. The summed E-state index contributed by atoms with van der Waals surface area (Å²) in [7, 11) is 0. The van der Waals surface area contributed by atoms with E-state index >= 15 is 0 Å². The first-order valence-electron chi connectivity index (χ1n) is 6.54. The van der Waals surface area contributed by atoms with Crippen molar-refractivity contribution in [1.29, 1.82) is 0 Å². The first-order valence-corrected chi connectivity index (χ1v) is 6.54. The number of hydrogen-bond acceptors (Lipinski definition) is 4. The lowest BCUT2D eigenvalue weighted by Gasteiger charge is -2.26. The van der Waals surface area contributed by atoms with Crippen molar-refractivity contribution in [2.75, 3.05) is 0 Å². The summed E-state index contributed by atoms with van der Waals surface area (Å²) in [6.07, 6.45) is 1.37. The van der Waals surface area contributed by atoms with Crippen LogP contribution in [0.2, 0.25) is 0 Å². The molecule has 1 aliphatic rings. The number of carbonyl (C=O) groups is 2. The Morgan fingerprint density at radius 1 is 1.25 bits per heavy atom. The summed E-state index contributed by atoms with van der Waals surface area (Å²) in [5.41, 5.74) is 0.702. The average molecular weight is 274 g/mol. The van der Waals surface area contributed by atoms with E-state index in [9.17, 15) is 9.59 Å². The zero-order chi connectivity index (χ0) is 14.8. The molecule has 20 heavy (non-hydrogen) atoms. The molecule has 4 heteroatoms. The maximum absolute atomic E-state index is 12.2. The number of esters is 2. The lowest BCUT2D eigenvalue weighted by Crippen LogP contribution is -2.29. The van der Waals surface area contributed by atoms with Crippen LogP contribution in [-0.4, -0.2) is 17.5 Å². The Labute approximate surface area is 118 Å². The Kier molecular flexibility index (Phi) is 3.93. The number of cyclic esters (lactones) is 1. The number of benzene rings is 1. The Balaban J connectivity index is 2.29. The monoisotopic (exact) mass is 274 g/mol. The second-order valence-electron chi connectivity index (χ2n) is 5.73. The highest BCUT2D eigenvalue weighted by molar-refractivity contribution is 5.93. The van der Waals surface area contributed by atoms with E-state index in [1.807, 2.05) is 30.3 Å². The summed E-state index contributed by atoms with van der Waals surface area (Å²) in [6, 6.07) is 9.43. The SMILES string of the molecule is CC(C)(C)OC(=O)C1=COC(=O)CC1c1ccccc1. The van der Waals surface area contributed by atoms with Crippen LogP contribution in [0.25, 0.3) is 0 Å². The fourth-order valence-corrected chi connectivity index (χ4v) is 2.05. The van der Waals surface area contributed by atoms with Gasteiger partial charge in [0.05, 0.1) is 12.0 Å². The third kappa shape index (κ3) is 3.47. The highest BCUT2D eigenvalue weighted by Gasteiger charge is 2.32. The lowest BCUT2D eigenvalue weighted by atomic mass is 9.87. The summed E-state index contributed by atoms with van der Waals surface area (Å²) in [6.45, 7) is 5.41. The molecule has 4 nitrogen and oxygen atoms in total. The van der Waals surface area contributed by atoms with Crippen LogP contribution in [0.5, 0.6) is 0 Å². The van der Waals surface area contributed by atoms with Crippen LogP contribution in [0, 0.1) is 0 Å². The van der Waals surface area contributed by atoms with E-state index < -0.39 is 11.6 Å². The quantitative estimate of drug-likeness (QED) is 0.778. The van der Waals surface area contributed by atoms with E-state index in [2.05, 4.69) is 0 Å². The van der Waals surface area contributed by atoms with Crippen LogP contribution in [0.4, 0.5) is 0 Å². The van der Waals surface area contributed by atoms with Gasteiger partial charge >= 0.3 is 11.9 Å². The molecule has 0 amide bonds. The predicted molar refractivity (Wildman–Crippen MR) is 73.8 cm³/mol. The van der Waals surface area contributed by atoms with Gasteiger partial charge in [0.25, 0.3) is 0 Å². The zero-order valence-electron chi connectivity index (χ0n) is 11.9. The van der Waals surface area contributed by atoms with Crippen molar-refractivity contribution in [2.24, 2.45) is 0 Å². The summed E-state index contributed by atoms with van der Waals surface area (Å²) in [4.78, 5) is 23.7. The normalized spacial score (nSPS) is 19.1. The predicted octanol–water partition coefficient (Wildman–Crippen LogP) is 2.94. The van der Waals surface area contributed by atoms with Gasteiger partial charge in [0.2, 0.25) is 0 Å². The van der Waals surface area contributed by atoms with E-state index in [4.69, 9.17) is 9.47 Å². The Hall–Kier alpha value is -2.10. The summed E-state index contributed by atoms with van der Waals surface area (Å²) in [5.74, 6) is -1.10. The van der Waals surface area contributed by atoms with Gasteiger partial charge < -0.3 is 9.47 Å². The minimum absolute atomic E-state index is 0.148. The van der Waals surface area contributed by atoms with Crippen molar-refractivity contribution in [1.82, 2.24) is 0 Å². The summed E-state index contributed by atoms with van der Waals surface area (Å²) >= 11 is 0. The molecule has 0 aliphatic carbocycles. The Bertz CT molecular complexity index is 537. The minimum atomic E-state index is -0.583. The van der Waals surface area contributed by atoms with Gasteiger partial charge in [-0.25, -0.2) is 4.79 Å². The van der Waals surface area contributed by atoms with Gasteiger partial charge in [-0.2, -0.15) is 0 Å². The van der Waals surface area contributed by atoms with Gasteiger partial charge in [-0.05, 0) is 26.3 Å². The summed E-state index contributed by atoms with van der Waals surface area (Å²) < 4.78 is 10.2. The summed E-state index contributed by atoms with van der Waals surface area (Å²) in [5, 5.41) is 0. The Morgan fingerprint density at radius 2 is 1.90 bits per heavy atom. The molecule has 1 atom stereocenters. The van der Waals surface area contributed by atoms with Gasteiger partial charge in [0, 0.05) is 5.92 Å². The standard InChI is InChI=1S/C16H18O4/c1-16(2,3)20-15(18)13-10-19-14(17)9-12(13)11-7-5-4-6-8-11/h4-8,10,12H,9H2,1-3H3. The van der Waals surface area contributed by atoms with E-state index in [1.165, 1.54) is 6.26 Å². The largest absolute Gasteiger partial charge is 0.457 e. The van der Waals surface area contributed by atoms with Crippen molar-refractivity contribution < 1.29 is 19.1 Å². The molecule has 0 aromatic heterocycles. The topological polar surface area (TPSA) is 52.6 Å². The molecule has 1 heterocycles. The molecular weight excluding hydrogens is 256 g/mol. The second kappa shape index (κ2) is 5.49. The molecule has 0 fully saturated rings. The van der Waals surface area contributed by atoms with Crippen LogP contribution in [0.1, 0.15) is 38.7 Å². The zero-order valence-corrected chi connectivity index (χ0v) is 11.9. The van der Waals surface area contributed by atoms with Crippen molar-refractivity contribution in [3.8, 4) is 0 Å². The number of rotatable bonds is 2. The van der Waals surface area contributed by atoms with Crippen LogP contribution in [0.3, 0.4) is 0 Å². The maximum atomic E-state index is 12.2. The fraction of sp³-hybridized carbons (Fsp3) is 0.375. The molecular formula is C16H18O4. The van der Waals surface area contributed by atoms with Gasteiger partial charge in [0.1, 0.15) is 11.9 Å². The van der Waals surface area contributed by atoms with Crippen molar-refractivity contribution >= 4 is 11.9 Å². The van der Waals surface area contributed by atoms with Gasteiger partial charge in [-0.3, -0.25) is 4.79 Å². The highest BCUT2D eigenvalue weighted by Crippen LogP contribution is 2.33. The number of hydrogen-bond donors (Lipinski definition) is 0. The molecule has 0 saturated heterocycles. The average Bonchev–Trinajstić information content (AvgIpc) is 2.37. The van der Waals surface area contributed by atoms with Gasteiger partial charge in [-0.1, -0.05) is 30.3 Å². The smallest absolute Gasteiger partial charge is 0.338 e. The van der Waals surface area contributed by atoms with E-state index in [0.29, 0.717) is 5.57 Å². The lowest BCUT2D eigenvalue weighted by molar-refractivity contribution is -0.151. The van der Waals surface area contributed by atoms with Gasteiger partial charge in [-0.15, -0.1) is 0 Å². The molecule has 106 valence electrons. The first kappa shape index (κ1) is 14.3. The van der Waals surface area contributed by atoms with Gasteiger partial charge in [0.15, 0.2) is 0 Å². The molecule has 2 rings (SSSR count). The van der Waals surface area contributed by atoms with E-state index in [1.54, 1.807) is 20.8 Å². The molecule has 1 aromatic carbocycles. The molecule has 1 unspecified atom stereocenters. The van der Waals surface area contributed by atoms with Crippen LogP contribution in [0.15, 0.2) is 42.2 Å². The van der Waals surface area contributed by atoms with Crippen LogP contribution in [-0.2, 0) is 19.1 Å². The second-order valence-corrected chi connectivity index (χ2v) is 5.73. The fourth-order valence-electron chi connectivity index (χ4n) is 2.05. The Morgan fingerprint density at radius 3 is 2.50 bits per heavy atom. The maximum Gasteiger partial charge on any atom is 0.338 e. The molecule has 0 radical (unpaired) electrons. The minimum Gasteiger partial charge on any atom is -0.457 e. The first-order chi connectivity index (χ1) is 9.37. The van der Waals surface area contributed by atoms with E-state index in [-0.39, 0.29) is 18.3 Å². The molecule has 0 bridgehead atoms. The van der Waals surface area contributed by atoms with Crippen LogP contribution >= 0.6 is 0 Å². The van der Waals surface area contributed by atoms with Crippen molar-refractivity contribution in [3.05, 3.63) is 47.7 Å². The molecule has 0 spiro atoms. The molecule has 1 aliphatic heterocycles. The molecule has 1 aromatic rings. The molecule has 0 N–H and O–H groups in total. The number of ether oxygens (including phenoxy) is 2. The van der Waals surface area contributed by atoms with E-state index in [0.717, 1.165) is 5.56 Å². The third-order valence-corrected chi connectivity index (χ3v) is 2.90. The van der Waals surface area contributed by atoms with Crippen LogP contribution < -0.4 is 0 Å². The third-order valence-electron chi connectivity index (χ3n) is 2.90. The molecule has 0 saturated carbocycles. The van der Waals surface area contributed by atoms with Crippen molar-refractivity contribution in [2.45, 2.75) is 38.7 Å². The highest BCUT2D eigenvalue weighted by atomic mass is 16.6.